The minimum atomic E-state index is -2.96. The molecule has 0 saturated carbocycles. The molecule has 25 heavy (non-hydrogen) atoms. The SMILES string of the molecule is COc1cc(/C=C\C(=O)Nc2ccc(C#N)cn2)ccc1OC(F)F. The fraction of sp³-hybridized carbons (Fsp3) is 0.118. The van der Waals surface area contributed by atoms with Gasteiger partial charge in [-0.15, -0.1) is 0 Å². The highest BCUT2D eigenvalue weighted by molar-refractivity contribution is 6.01. The quantitative estimate of drug-likeness (QED) is 0.813. The number of pyridine rings is 1. The first-order chi connectivity index (χ1) is 12.0. The molecule has 1 aromatic heterocycles. The minimum Gasteiger partial charge on any atom is -0.493 e. The molecule has 8 heteroatoms. The third-order valence-electron chi connectivity index (χ3n) is 2.97. The number of nitrogens with one attached hydrogen (secondary N) is 1. The second-order valence-electron chi connectivity index (χ2n) is 4.66. The van der Waals surface area contributed by atoms with Crippen LogP contribution in [0.2, 0.25) is 0 Å². The number of benzene rings is 1. The van der Waals surface area contributed by atoms with Gasteiger partial charge < -0.3 is 14.8 Å². The summed E-state index contributed by atoms with van der Waals surface area (Å²) in [5.41, 5.74) is 0.938. The number of hydrogen-bond donors (Lipinski definition) is 1. The van der Waals surface area contributed by atoms with Crippen LogP contribution < -0.4 is 14.8 Å². The standard InChI is InChI=1S/C17H13F2N3O3/c1-24-14-8-11(2-5-13(14)25-17(18)19)4-7-16(23)22-15-6-3-12(9-20)10-21-15/h2-8,10,17H,1H3,(H,21,22,23)/b7-4-. The summed E-state index contributed by atoms with van der Waals surface area (Å²) >= 11 is 0. The van der Waals surface area contributed by atoms with Gasteiger partial charge in [-0.1, -0.05) is 6.07 Å². The molecule has 6 nitrogen and oxygen atoms in total. The first-order valence-corrected chi connectivity index (χ1v) is 7.00. The smallest absolute Gasteiger partial charge is 0.387 e. The molecular formula is C17H13F2N3O3. The van der Waals surface area contributed by atoms with Crippen molar-refractivity contribution in [3.63, 3.8) is 0 Å². The van der Waals surface area contributed by atoms with Crippen molar-refractivity contribution in [1.82, 2.24) is 4.98 Å². The molecule has 0 fully saturated rings. The second kappa shape index (κ2) is 8.40. The highest BCUT2D eigenvalue weighted by Crippen LogP contribution is 2.29. The van der Waals surface area contributed by atoms with Gasteiger partial charge in [-0.3, -0.25) is 4.79 Å². The van der Waals surface area contributed by atoms with Gasteiger partial charge in [-0.05, 0) is 35.9 Å². The van der Waals surface area contributed by atoms with E-state index in [-0.39, 0.29) is 11.5 Å². The zero-order chi connectivity index (χ0) is 18.2. The fourth-order valence-corrected chi connectivity index (χ4v) is 1.85. The Labute approximate surface area is 142 Å². The van der Waals surface area contributed by atoms with Gasteiger partial charge in [0.05, 0.1) is 12.7 Å². The van der Waals surface area contributed by atoms with E-state index in [1.54, 1.807) is 0 Å². The van der Waals surface area contributed by atoms with Crippen molar-refractivity contribution in [2.45, 2.75) is 6.61 Å². The van der Waals surface area contributed by atoms with Crippen LogP contribution in [0.25, 0.3) is 6.08 Å². The summed E-state index contributed by atoms with van der Waals surface area (Å²) in [6.45, 7) is -2.96. The molecule has 0 aliphatic heterocycles. The zero-order valence-electron chi connectivity index (χ0n) is 13.1. The number of anilines is 1. The van der Waals surface area contributed by atoms with Crippen molar-refractivity contribution < 1.29 is 23.0 Å². The lowest BCUT2D eigenvalue weighted by Gasteiger charge is -2.10. The van der Waals surface area contributed by atoms with E-state index in [1.807, 2.05) is 6.07 Å². The molecule has 1 N–H and O–H groups in total. The lowest BCUT2D eigenvalue weighted by molar-refractivity contribution is -0.111. The highest BCUT2D eigenvalue weighted by atomic mass is 19.3. The first-order valence-electron chi connectivity index (χ1n) is 7.00. The van der Waals surface area contributed by atoms with Crippen LogP contribution in [0.15, 0.2) is 42.6 Å². The van der Waals surface area contributed by atoms with Crippen LogP contribution in [0.5, 0.6) is 11.5 Å². The summed E-state index contributed by atoms with van der Waals surface area (Å²) < 4.78 is 33.9. The van der Waals surface area contributed by atoms with Gasteiger partial charge in [0.2, 0.25) is 5.91 Å². The van der Waals surface area contributed by atoms with Crippen LogP contribution in [0.3, 0.4) is 0 Å². The third-order valence-corrected chi connectivity index (χ3v) is 2.97. The Morgan fingerprint density at radius 3 is 2.72 bits per heavy atom. The summed E-state index contributed by atoms with van der Waals surface area (Å²) in [4.78, 5) is 15.8. The van der Waals surface area contributed by atoms with Gasteiger partial charge >= 0.3 is 6.61 Å². The lowest BCUT2D eigenvalue weighted by Crippen LogP contribution is -2.09. The van der Waals surface area contributed by atoms with E-state index < -0.39 is 12.5 Å². The molecule has 2 aromatic rings. The predicted molar refractivity (Wildman–Crippen MR) is 86.2 cm³/mol. The van der Waals surface area contributed by atoms with Gasteiger partial charge in [0.25, 0.3) is 0 Å². The Kier molecular flexibility index (Phi) is 6.01. The Balaban J connectivity index is 2.04. The second-order valence-corrected chi connectivity index (χ2v) is 4.66. The molecule has 1 amide bonds. The maximum absolute atomic E-state index is 12.3. The minimum absolute atomic E-state index is 0.0964. The number of nitriles is 1. The van der Waals surface area contributed by atoms with E-state index in [0.717, 1.165) is 0 Å². The predicted octanol–water partition coefficient (Wildman–Crippen LogP) is 3.22. The number of carbonyl (C=O) groups excluding carboxylic acids is 1. The number of aromatic nitrogens is 1. The molecule has 0 unspecified atom stereocenters. The molecule has 0 spiro atoms. The lowest BCUT2D eigenvalue weighted by atomic mass is 10.2. The van der Waals surface area contributed by atoms with Crippen molar-refractivity contribution in [1.29, 1.82) is 5.26 Å². The molecule has 0 bridgehead atoms. The summed E-state index contributed by atoms with van der Waals surface area (Å²) in [7, 11) is 1.32. The molecule has 0 atom stereocenters. The Hall–Kier alpha value is -3.47. The van der Waals surface area contributed by atoms with Crippen molar-refractivity contribution in [2.24, 2.45) is 0 Å². The van der Waals surface area contributed by atoms with Crippen molar-refractivity contribution in [3.8, 4) is 17.6 Å². The van der Waals surface area contributed by atoms with E-state index in [4.69, 9.17) is 10.00 Å². The summed E-state index contributed by atoms with van der Waals surface area (Å²) in [5, 5.41) is 11.2. The molecule has 0 aliphatic carbocycles. The largest absolute Gasteiger partial charge is 0.493 e. The van der Waals surface area contributed by atoms with Crippen molar-refractivity contribution in [2.75, 3.05) is 12.4 Å². The van der Waals surface area contributed by atoms with Gasteiger partial charge in [0.15, 0.2) is 11.5 Å². The molecule has 1 heterocycles. The normalized spacial score (nSPS) is 10.5. The van der Waals surface area contributed by atoms with Gasteiger partial charge in [-0.2, -0.15) is 14.0 Å². The fourth-order valence-electron chi connectivity index (χ4n) is 1.85. The number of halogens is 2. The van der Waals surface area contributed by atoms with E-state index >= 15 is 0 Å². The number of methoxy groups -OCH3 is 1. The van der Waals surface area contributed by atoms with Crippen LogP contribution in [0.4, 0.5) is 14.6 Å². The molecule has 128 valence electrons. The topological polar surface area (TPSA) is 84.2 Å². The molecular weight excluding hydrogens is 332 g/mol. The number of alkyl halides is 2. The molecule has 1 aromatic carbocycles. The monoisotopic (exact) mass is 345 g/mol. The Morgan fingerprint density at radius 1 is 1.32 bits per heavy atom. The van der Waals surface area contributed by atoms with Gasteiger partial charge in [-0.25, -0.2) is 4.98 Å². The number of amides is 1. The van der Waals surface area contributed by atoms with Crippen LogP contribution >= 0.6 is 0 Å². The summed E-state index contributed by atoms with van der Waals surface area (Å²) in [6.07, 6.45) is 4.07. The van der Waals surface area contributed by atoms with E-state index in [2.05, 4.69) is 15.0 Å². The first kappa shape index (κ1) is 17.9. The maximum Gasteiger partial charge on any atom is 0.387 e. The number of rotatable bonds is 6. The Morgan fingerprint density at radius 2 is 2.12 bits per heavy atom. The number of nitrogens with zero attached hydrogens (tertiary/aromatic N) is 2. The van der Waals surface area contributed by atoms with Gasteiger partial charge in [0, 0.05) is 12.3 Å². The third kappa shape index (κ3) is 5.28. The Bertz CT molecular complexity index is 815. The van der Waals surface area contributed by atoms with Crippen molar-refractivity contribution >= 4 is 17.8 Å². The molecule has 2 rings (SSSR count). The number of ether oxygens (including phenoxy) is 2. The van der Waals surface area contributed by atoms with Crippen LogP contribution in [-0.4, -0.2) is 24.6 Å². The maximum atomic E-state index is 12.3. The number of hydrogen-bond acceptors (Lipinski definition) is 5. The average molecular weight is 345 g/mol. The van der Waals surface area contributed by atoms with Crippen LogP contribution in [0, 0.1) is 11.3 Å². The highest BCUT2D eigenvalue weighted by Gasteiger charge is 2.10. The molecule has 0 aliphatic rings. The van der Waals surface area contributed by atoms with E-state index in [9.17, 15) is 13.6 Å². The zero-order valence-corrected chi connectivity index (χ0v) is 13.1. The van der Waals surface area contributed by atoms with E-state index in [0.29, 0.717) is 16.9 Å². The molecule has 0 radical (unpaired) electrons. The van der Waals surface area contributed by atoms with Gasteiger partial charge in [0.1, 0.15) is 11.9 Å². The average Bonchev–Trinajstić information content (AvgIpc) is 2.61. The molecule has 0 saturated heterocycles. The van der Waals surface area contributed by atoms with E-state index in [1.165, 1.54) is 55.8 Å². The van der Waals surface area contributed by atoms with Crippen LogP contribution in [0.1, 0.15) is 11.1 Å². The summed E-state index contributed by atoms with van der Waals surface area (Å²) in [5.74, 6) is -0.117. The van der Waals surface area contributed by atoms with Crippen LogP contribution in [-0.2, 0) is 4.79 Å². The number of carbonyl (C=O) groups is 1. The summed E-state index contributed by atoms with van der Waals surface area (Å²) in [6, 6.07) is 9.24. The van der Waals surface area contributed by atoms with Crippen molar-refractivity contribution in [3.05, 3.63) is 53.7 Å².